The molecule has 1 atom stereocenters. The van der Waals surface area contributed by atoms with Crippen LogP contribution in [0.4, 0.5) is 11.4 Å². The average Bonchev–Trinajstić information content (AvgIpc) is 2.85. The van der Waals surface area contributed by atoms with Gasteiger partial charge in [-0.05, 0) is 70.9 Å². The fraction of sp³-hybridized carbons (Fsp3) is 0.0385. The van der Waals surface area contributed by atoms with Crippen molar-refractivity contribution in [1.29, 1.82) is 10.5 Å². The van der Waals surface area contributed by atoms with Crippen molar-refractivity contribution in [1.82, 2.24) is 0 Å². The van der Waals surface area contributed by atoms with Crippen LogP contribution < -0.4 is 14.8 Å². The highest BCUT2D eigenvalue weighted by molar-refractivity contribution is 7.81. The van der Waals surface area contributed by atoms with Gasteiger partial charge in [-0.15, -0.1) is 0 Å². The molecule has 4 rings (SSSR count). The highest BCUT2D eigenvalue weighted by atomic mass is 32.2. The average molecular weight is 482 g/mol. The minimum absolute atomic E-state index is 0.0413. The van der Waals surface area contributed by atoms with Crippen LogP contribution in [0.15, 0.2) is 78.9 Å². The molecule has 0 spiro atoms. The molecule has 1 amide bonds. The smallest absolute Gasteiger partial charge is 0.221 e. The highest BCUT2D eigenvalue weighted by Crippen LogP contribution is 2.34. The number of nitrogens with two attached hydrogens (primary N) is 1. The molecule has 0 fully saturated rings. The Balaban J connectivity index is 1.63. The summed E-state index contributed by atoms with van der Waals surface area (Å²) in [5.41, 5.74) is 7.12. The lowest BCUT2D eigenvalue weighted by Crippen LogP contribution is -2.20. The number of anilines is 2. The van der Waals surface area contributed by atoms with E-state index in [1.54, 1.807) is 48.5 Å². The van der Waals surface area contributed by atoms with Gasteiger partial charge in [-0.1, -0.05) is 24.3 Å². The number of amides is 1. The van der Waals surface area contributed by atoms with Crippen LogP contribution in [0.1, 0.15) is 16.7 Å². The predicted molar refractivity (Wildman–Crippen MR) is 130 cm³/mol. The Bertz CT molecular complexity index is 1540. The SMILES string of the molecule is N#Cc1ccc2cc(Oc3ccc(N(c4ccc(CC(N)=O)cc4)S(=O)[O-])cc3C#N)ccc2c1. The zero-order chi connectivity index (χ0) is 24.9. The third-order valence-corrected chi connectivity index (χ3v) is 5.90. The zero-order valence-electron chi connectivity index (χ0n) is 18.2. The molecule has 0 aliphatic carbocycles. The molecule has 4 aromatic carbocycles. The number of nitrogens with zero attached hydrogens (tertiary/aromatic N) is 3. The van der Waals surface area contributed by atoms with E-state index in [0.29, 0.717) is 22.6 Å². The lowest BCUT2D eigenvalue weighted by molar-refractivity contribution is -0.117. The number of hydrogen-bond acceptors (Lipinski definition) is 6. The monoisotopic (exact) mass is 481 g/mol. The summed E-state index contributed by atoms with van der Waals surface area (Å²) in [6.07, 6.45) is 0.0413. The van der Waals surface area contributed by atoms with E-state index in [1.807, 2.05) is 18.2 Å². The Morgan fingerprint density at radius 1 is 0.914 bits per heavy atom. The second-order valence-corrected chi connectivity index (χ2v) is 8.35. The fourth-order valence-electron chi connectivity index (χ4n) is 3.58. The molecule has 0 radical (unpaired) electrons. The zero-order valence-corrected chi connectivity index (χ0v) is 19.0. The lowest BCUT2D eigenvalue weighted by Gasteiger charge is -2.27. The van der Waals surface area contributed by atoms with Crippen LogP contribution in [-0.2, 0) is 22.5 Å². The summed E-state index contributed by atoms with van der Waals surface area (Å²) in [5, 5.41) is 20.5. The van der Waals surface area contributed by atoms with E-state index in [4.69, 9.17) is 15.7 Å². The van der Waals surface area contributed by atoms with Crippen LogP contribution in [0, 0.1) is 22.7 Å². The van der Waals surface area contributed by atoms with Gasteiger partial charge in [-0.2, -0.15) is 10.5 Å². The summed E-state index contributed by atoms with van der Waals surface area (Å²) in [4.78, 5) is 11.1. The summed E-state index contributed by atoms with van der Waals surface area (Å²) in [6, 6.07) is 25.6. The summed E-state index contributed by atoms with van der Waals surface area (Å²) < 4.78 is 31.0. The topological polar surface area (TPSA) is 143 Å². The number of nitriles is 2. The van der Waals surface area contributed by atoms with Crippen LogP contribution in [0.3, 0.4) is 0 Å². The van der Waals surface area contributed by atoms with E-state index in [-0.39, 0.29) is 23.4 Å². The molecule has 0 bridgehead atoms. The van der Waals surface area contributed by atoms with Crippen molar-refractivity contribution in [3.8, 4) is 23.6 Å². The van der Waals surface area contributed by atoms with E-state index in [0.717, 1.165) is 15.1 Å². The number of carbonyl (C=O) groups is 1. The van der Waals surface area contributed by atoms with Crippen molar-refractivity contribution in [3.63, 3.8) is 0 Å². The Labute approximate surface area is 203 Å². The van der Waals surface area contributed by atoms with E-state index in [2.05, 4.69) is 6.07 Å². The maximum absolute atomic E-state index is 12.0. The van der Waals surface area contributed by atoms with Gasteiger partial charge in [0, 0.05) is 0 Å². The first-order chi connectivity index (χ1) is 16.9. The number of primary amides is 1. The number of carbonyl (C=O) groups excluding carboxylic acids is 1. The van der Waals surface area contributed by atoms with E-state index >= 15 is 0 Å². The third-order valence-electron chi connectivity index (χ3n) is 5.18. The molecular formula is C26H17N4O4S-. The number of hydrogen-bond donors (Lipinski definition) is 1. The maximum atomic E-state index is 12.0. The molecule has 1 unspecified atom stereocenters. The van der Waals surface area contributed by atoms with Crippen LogP contribution in [0.2, 0.25) is 0 Å². The molecule has 0 saturated carbocycles. The second-order valence-electron chi connectivity index (χ2n) is 7.55. The fourth-order valence-corrected chi connectivity index (χ4v) is 4.16. The van der Waals surface area contributed by atoms with E-state index < -0.39 is 17.2 Å². The summed E-state index contributed by atoms with van der Waals surface area (Å²) in [6.45, 7) is 0. The molecule has 0 saturated heterocycles. The van der Waals surface area contributed by atoms with Crippen molar-refractivity contribution in [2.24, 2.45) is 5.73 Å². The van der Waals surface area contributed by atoms with Gasteiger partial charge in [-0.25, -0.2) is 0 Å². The molecule has 172 valence electrons. The highest BCUT2D eigenvalue weighted by Gasteiger charge is 2.15. The second kappa shape index (κ2) is 10.1. The van der Waals surface area contributed by atoms with Gasteiger partial charge in [0.15, 0.2) is 0 Å². The van der Waals surface area contributed by atoms with E-state index in [1.165, 1.54) is 18.2 Å². The first-order valence-corrected chi connectivity index (χ1v) is 11.3. The van der Waals surface area contributed by atoms with Crippen molar-refractivity contribution in [3.05, 3.63) is 95.6 Å². The van der Waals surface area contributed by atoms with Crippen molar-refractivity contribution >= 4 is 39.3 Å². The summed E-state index contributed by atoms with van der Waals surface area (Å²) in [7, 11) is 0. The van der Waals surface area contributed by atoms with E-state index in [9.17, 15) is 18.8 Å². The quantitative estimate of drug-likeness (QED) is 0.389. The molecule has 9 heteroatoms. The molecule has 4 aromatic rings. The third kappa shape index (κ3) is 5.28. The van der Waals surface area contributed by atoms with Gasteiger partial charge >= 0.3 is 0 Å². The number of ether oxygens (including phenoxy) is 1. The van der Waals surface area contributed by atoms with Crippen LogP contribution in [0.25, 0.3) is 10.8 Å². The molecule has 0 heterocycles. The largest absolute Gasteiger partial charge is 0.755 e. The lowest BCUT2D eigenvalue weighted by atomic mass is 10.1. The number of fused-ring (bicyclic) bond motifs is 1. The predicted octanol–water partition coefficient (Wildman–Crippen LogP) is 4.34. The molecule has 0 aliphatic heterocycles. The molecule has 2 N–H and O–H groups in total. The summed E-state index contributed by atoms with van der Waals surface area (Å²) in [5.74, 6) is 0.257. The normalized spacial score (nSPS) is 11.3. The Hall–Kier alpha value is -4.70. The van der Waals surface area contributed by atoms with Gasteiger partial charge < -0.3 is 15.0 Å². The molecule has 8 nitrogen and oxygen atoms in total. The van der Waals surface area contributed by atoms with Crippen LogP contribution in [-0.4, -0.2) is 14.7 Å². The van der Waals surface area contributed by atoms with Crippen molar-refractivity contribution < 1.29 is 18.3 Å². The molecule has 0 aromatic heterocycles. The Morgan fingerprint density at radius 3 is 2.26 bits per heavy atom. The van der Waals surface area contributed by atoms with Gasteiger partial charge in [-0.3, -0.25) is 13.3 Å². The summed E-state index contributed by atoms with van der Waals surface area (Å²) >= 11 is -2.68. The van der Waals surface area contributed by atoms with Crippen LogP contribution >= 0.6 is 0 Å². The molecule has 0 aliphatic rings. The Kier molecular flexibility index (Phi) is 6.74. The number of benzene rings is 4. The van der Waals surface area contributed by atoms with Gasteiger partial charge in [0.2, 0.25) is 5.91 Å². The van der Waals surface area contributed by atoms with Crippen LogP contribution in [0.5, 0.6) is 11.5 Å². The standard InChI is InChI=1S/C26H18N4O4S/c27-15-18-1-4-20-14-24(9-5-19(20)11-18)34-25-10-8-23(13-21(25)16-28)30(35(32)33)22-6-2-17(3-7-22)12-26(29)31/h1-11,13-14H,12H2,(H2,29,31)(H,32,33)/p-1. The minimum atomic E-state index is -2.68. The Morgan fingerprint density at radius 2 is 1.60 bits per heavy atom. The van der Waals surface area contributed by atoms with Gasteiger partial charge in [0.25, 0.3) is 0 Å². The van der Waals surface area contributed by atoms with Gasteiger partial charge in [0.1, 0.15) is 17.6 Å². The first-order valence-electron chi connectivity index (χ1n) is 10.3. The van der Waals surface area contributed by atoms with Crippen molar-refractivity contribution in [2.75, 3.05) is 4.31 Å². The molecule has 35 heavy (non-hydrogen) atoms. The first kappa shape index (κ1) is 23.5. The minimum Gasteiger partial charge on any atom is -0.755 e. The van der Waals surface area contributed by atoms with Crippen molar-refractivity contribution in [2.45, 2.75) is 6.42 Å². The maximum Gasteiger partial charge on any atom is 0.221 e. The molecular weight excluding hydrogens is 464 g/mol. The number of rotatable bonds is 7. The van der Waals surface area contributed by atoms with Gasteiger partial charge in [0.05, 0.1) is 46.3 Å².